The van der Waals surface area contributed by atoms with Crippen LogP contribution in [0.4, 0.5) is 4.39 Å². The van der Waals surface area contributed by atoms with Crippen LogP contribution in [0.5, 0.6) is 0 Å². The van der Waals surface area contributed by atoms with E-state index in [4.69, 9.17) is 0 Å². The molecule has 132 valence electrons. The van der Waals surface area contributed by atoms with E-state index in [1.165, 1.54) is 12.1 Å². The Kier molecular flexibility index (Phi) is 3.61. The summed E-state index contributed by atoms with van der Waals surface area (Å²) in [6, 6.07) is 8.48. The van der Waals surface area contributed by atoms with E-state index in [2.05, 4.69) is 30.6 Å². The first-order chi connectivity index (χ1) is 13.2. The van der Waals surface area contributed by atoms with Crippen LogP contribution in [0, 0.1) is 12.7 Å². The van der Waals surface area contributed by atoms with Crippen molar-refractivity contribution in [2.75, 3.05) is 0 Å². The van der Waals surface area contributed by atoms with Gasteiger partial charge in [-0.15, -0.1) is 11.3 Å². The fourth-order valence-electron chi connectivity index (χ4n) is 3.25. The van der Waals surface area contributed by atoms with Gasteiger partial charge in [0.1, 0.15) is 22.2 Å². The van der Waals surface area contributed by atoms with E-state index in [-0.39, 0.29) is 5.82 Å². The van der Waals surface area contributed by atoms with Gasteiger partial charge in [0.15, 0.2) is 0 Å². The molecular weight excluding hydrogens is 361 g/mol. The van der Waals surface area contributed by atoms with Crippen LogP contribution in [-0.2, 0) is 0 Å². The third kappa shape index (κ3) is 2.63. The van der Waals surface area contributed by atoms with E-state index >= 15 is 0 Å². The fraction of sp³-hybridized carbons (Fsp3) is 0.0500. The van der Waals surface area contributed by atoms with Gasteiger partial charge in [-0.3, -0.25) is 9.50 Å². The summed E-state index contributed by atoms with van der Waals surface area (Å²) in [4.78, 5) is 8.96. The molecular formula is C20H14FN5S. The quantitative estimate of drug-likeness (QED) is 0.485. The summed E-state index contributed by atoms with van der Waals surface area (Å²) < 4.78 is 15.3. The monoisotopic (exact) mass is 375 g/mol. The third-order valence-electron chi connectivity index (χ3n) is 4.52. The number of rotatable bonds is 3. The lowest BCUT2D eigenvalue weighted by molar-refractivity contribution is 0.628. The van der Waals surface area contributed by atoms with Crippen LogP contribution in [0.15, 0.2) is 60.5 Å². The zero-order valence-electron chi connectivity index (χ0n) is 14.3. The molecule has 0 spiro atoms. The van der Waals surface area contributed by atoms with Gasteiger partial charge in [0.05, 0.1) is 18.1 Å². The summed E-state index contributed by atoms with van der Waals surface area (Å²) in [5, 5.41) is 10.1. The number of aryl methyl sites for hydroxylation is 1. The first kappa shape index (κ1) is 15.9. The molecule has 5 nitrogen and oxygen atoms in total. The first-order valence-electron chi connectivity index (χ1n) is 8.38. The molecule has 5 aromatic rings. The fourth-order valence-corrected chi connectivity index (χ4v) is 3.90. The molecule has 0 atom stereocenters. The van der Waals surface area contributed by atoms with Gasteiger partial charge in [0.2, 0.25) is 0 Å². The maximum Gasteiger partial charge on any atom is 0.141 e. The second kappa shape index (κ2) is 6.14. The maximum atomic E-state index is 13.3. The number of nitrogens with one attached hydrogen (secondary N) is 1. The zero-order chi connectivity index (χ0) is 18.4. The molecule has 0 unspecified atom stereocenters. The van der Waals surface area contributed by atoms with Crippen LogP contribution in [0.25, 0.3) is 38.7 Å². The van der Waals surface area contributed by atoms with Gasteiger partial charge >= 0.3 is 0 Å². The minimum absolute atomic E-state index is 0.261. The average Bonchev–Trinajstić information content (AvgIpc) is 3.42. The largest absolute Gasteiger partial charge is 0.297 e. The predicted molar refractivity (Wildman–Crippen MR) is 104 cm³/mol. The Balaban J connectivity index is 1.70. The lowest BCUT2D eigenvalue weighted by Gasteiger charge is -2.08. The molecule has 7 heteroatoms. The molecule has 4 aromatic heterocycles. The zero-order valence-corrected chi connectivity index (χ0v) is 15.2. The van der Waals surface area contributed by atoms with E-state index in [0.29, 0.717) is 0 Å². The number of fused-ring (bicyclic) bond motifs is 1. The van der Waals surface area contributed by atoms with Crippen LogP contribution in [0.1, 0.15) is 5.56 Å². The average molecular weight is 375 g/mol. The van der Waals surface area contributed by atoms with Crippen LogP contribution in [0.3, 0.4) is 0 Å². The number of nitrogens with zero attached hydrogens (tertiary/aromatic N) is 4. The third-order valence-corrected chi connectivity index (χ3v) is 5.32. The van der Waals surface area contributed by atoms with Gasteiger partial charge in [-0.1, -0.05) is 0 Å². The number of hydrogen-bond acceptors (Lipinski definition) is 4. The minimum Gasteiger partial charge on any atom is -0.297 e. The second-order valence-corrected chi connectivity index (χ2v) is 7.15. The summed E-state index contributed by atoms with van der Waals surface area (Å²) in [5.41, 5.74) is 6.60. The number of H-pyrrole nitrogens is 1. The van der Waals surface area contributed by atoms with E-state index in [1.54, 1.807) is 35.9 Å². The molecule has 0 aliphatic heterocycles. The minimum atomic E-state index is -0.261. The molecule has 27 heavy (non-hydrogen) atoms. The second-order valence-electron chi connectivity index (χ2n) is 6.25. The van der Waals surface area contributed by atoms with Crippen molar-refractivity contribution >= 4 is 17.0 Å². The van der Waals surface area contributed by atoms with Crippen LogP contribution in [0.2, 0.25) is 0 Å². The van der Waals surface area contributed by atoms with Crippen molar-refractivity contribution in [2.45, 2.75) is 6.92 Å². The number of thiazole rings is 1. The van der Waals surface area contributed by atoms with Crippen molar-refractivity contribution in [3.05, 3.63) is 71.9 Å². The normalized spacial score (nSPS) is 11.3. The highest BCUT2D eigenvalue weighted by Crippen LogP contribution is 2.33. The molecule has 0 bridgehead atoms. The summed E-state index contributed by atoms with van der Waals surface area (Å²) in [5.74, 6) is -0.261. The van der Waals surface area contributed by atoms with Crippen LogP contribution >= 0.6 is 11.3 Å². The lowest BCUT2D eigenvalue weighted by Crippen LogP contribution is -1.93. The number of aromatic nitrogens is 5. The molecule has 1 aromatic carbocycles. The Hall–Kier alpha value is -3.32. The molecule has 0 saturated heterocycles. The van der Waals surface area contributed by atoms with Crippen LogP contribution < -0.4 is 0 Å². The SMILES string of the molecule is Cc1cc(-c2cn[nH]c2-c2ccc(F)cc2)cn2c(-c3nccs3)cnc12. The Labute approximate surface area is 158 Å². The van der Waals surface area contributed by atoms with E-state index in [9.17, 15) is 4.39 Å². The highest BCUT2D eigenvalue weighted by atomic mass is 32.1. The number of aromatic amines is 1. The topological polar surface area (TPSA) is 58.9 Å². The van der Waals surface area contributed by atoms with Gasteiger partial charge in [-0.2, -0.15) is 5.10 Å². The van der Waals surface area contributed by atoms with Crippen molar-refractivity contribution in [3.8, 4) is 33.1 Å². The highest BCUT2D eigenvalue weighted by Gasteiger charge is 2.15. The Morgan fingerprint density at radius 1 is 1.07 bits per heavy atom. The molecule has 0 fully saturated rings. The van der Waals surface area contributed by atoms with Crippen molar-refractivity contribution in [1.29, 1.82) is 0 Å². The summed E-state index contributed by atoms with van der Waals surface area (Å²) in [7, 11) is 0. The highest BCUT2D eigenvalue weighted by molar-refractivity contribution is 7.13. The number of benzene rings is 1. The van der Waals surface area contributed by atoms with Crippen molar-refractivity contribution < 1.29 is 4.39 Å². The number of halogens is 1. The van der Waals surface area contributed by atoms with Crippen molar-refractivity contribution in [2.24, 2.45) is 0 Å². The van der Waals surface area contributed by atoms with Gasteiger partial charge in [0.25, 0.3) is 0 Å². The van der Waals surface area contributed by atoms with E-state index in [1.807, 2.05) is 24.7 Å². The summed E-state index contributed by atoms with van der Waals surface area (Å²) >= 11 is 1.58. The predicted octanol–water partition coefficient (Wildman–Crippen LogP) is 4.96. The molecule has 4 heterocycles. The van der Waals surface area contributed by atoms with Gasteiger partial charge < -0.3 is 0 Å². The summed E-state index contributed by atoms with van der Waals surface area (Å²) in [6.45, 7) is 2.04. The van der Waals surface area contributed by atoms with E-state index in [0.717, 1.165) is 44.3 Å². The number of hydrogen-bond donors (Lipinski definition) is 1. The maximum absolute atomic E-state index is 13.3. The molecule has 0 aliphatic rings. The van der Waals surface area contributed by atoms with Gasteiger partial charge in [-0.25, -0.2) is 14.4 Å². The molecule has 5 rings (SSSR count). The lowest BCUT2D eigenvalue weighted by atomic mass is 10.0. The molecule has 0 radical (unpaired) electrons. The molecule has 0 aliphatic carbocycles. The van der Waals surface area contributed by atoms with Gasteiger partial charge in [-0.05, 0) is 42.8 Å². The smallest absolute Gasteiger partial charge is 0.141 e. The Morgan fingerprint density at radius 2 is 1.93 bits per heavy atom. The van der Waals surface area contributed by atoms with Crippen molar-refractivity contribution in [3.63, 3.8) is 0 Å². The van der Waals surface area contributed by atoms with Crippen molar-refractivity contribution in [1.82, 2.24) is 24.6 Å². The molecule has 1 N–H and O–H groups in total. The number of imidazole rings is 1. The van der Waals surface area contributed by atoms with Crippen LogP contribution in [-0.4, -0.2) is 24.6 Å². The molecule has 0 saturated carbocycles. The molecule has 0 amide bonds. The first-order valence-corrected chi connectivity index (χ1v) is 9.26. The standard InChI is InChI=1S/C20H14FN5S/c1-12-8-14(11-26-17(10-23-19(12)26)20-22-6-7-27-20)16-9-24-25-18(16)13-2-4-15(21)5-3-13/h2-11H,1H3,(H,24,25). The van der Waals surface area contributed by atoms with Gasteiger partial charge in [0, 0.05) is 34.5 Å². The Bertz CT molecular complexity index is 1240. The Morgan fingerprint density at radius 3 is 2.70 bits per heavy atom. The van der Waals surface area contributed by atoms with E-state index < -0.39 is 0 Å². The number of pyridine rings is 1. The summed E-state index contributed by atoms with van der Waals surface area (Å²) in [6.07, 6.45) is 7.48.